The van der Waals surface area contributed by atoms with Gasteiger partial charge in [-0.1, -0.05) is 30.3 Å². The summed E-state index contributed by atoms with van der Waals surface area (Å²) >= 11 is 0. The molecule has 0 radical (unpaired) electrons. The number of carbonyl (C=O) groups is 1. The molecule has 3 rings (SSSR count). The second kappa shape index (κ2) is 6.89. The Morgan fingerprint density at radius 1 is 1.13 bits per heavy atom. The highest BCUT2D eigenvalue weighted by molar-refractivity contribution is 5.78. The fourth-order valence-electron chi connectivity index (χ4n) is 2.64. The molecule has 0 atom stereocenters. The molecule has 120 valence electrons. The van der Waals surface area contributed by atoms with Crippen LogP contribution in [0.5, 0.6) is 0 Å². The predicted molar refractivity (Wildman–Crippen MR) is 84.8 cm³/mol. The van der Waals surface area contributed by atoms with Crippen molar-refractivity contribution in [1.82, 2.24) is 5.32 Å². The molecule has 2 aromatic rings. The monoisotopic (exact) mass is 314 g/mol. The summed E-state index contributed by atoms with van der Waals surface area (Å²) in [6.07, 6.45) is 0.274. The van der Waals surface area contributed by atoms with Gasteiger partial charge in [0.25, 0.3) is 0 Å². The molecule has 23 heavy (non-hydrogen) atoms. The van der Waals surface area contributed by atoms with E-state index in [0.29, 0.717) is 25.3 Å². The number of ether oxygens (including phenoxy) is 1. The Morgan fingerprint density at radius 2 is 1.91 bits per heavy atom. The molecule has 0 saturated heterocycles. The molecule has 1 aliphatic rings. The van der Waals surface area contributed by atoms with Crippen molar-refractivity contribution in [3.8, 4) is 0 Å². The van der Waals surface area contributed by atoms with Gasteiger partial charge in [0.2, 0.25) is 5.91 Å². The van der Waals surface area contributed by atoms with Crippen LogP contribution in [0.4, 0.5) is 4.39 Å². The van der Waals surface area contributed by atoms with Gasteiger partial charge < -0.3 is 15.8 Å². The Hall–Kier alpha value is -2.24. The van der Waals surface area contributed by atoms with E-state index < -0.39 is 0 Å². The van der Waals surface area contributed by atoms with E-state index in [-0.39, 0.29) is 24.7 Å². The van der Waals surface area contributed by atoms with E-state index >= 15 is 0 Å². The number of nitrogens with two attached hydrogens (primary N) is 1. The molecule has 0 aliphatic carbocycles. The van der Waals surface area contributed by atoms with E-state index in [4.69, 9.17) is 10.5 Å². The average molecular weight is 314 g/mol. The van der Waals surface area contributed by atoms with Gasteiger partial charge in [-0.05, 0) is 28.3 Å². The molecule has 0 spiro atoms. The maximum Gasteiger partial charge on any atom is 0.224 e. The van der Waals surface area contributed by atoms with Gasteiger partial charge in [0.1, 0.15) is 5.82 Å². The van der Waals surface area contributed by atoms with Crippen molar-refractivity contribution in [2.45, 2.75) is 32.7 Å². The van der Waals surface area contributed by atoms with Crippen LogP contribution in [0.15, 0.2) is 36.4 Å². The van der Waals surface area contributed by atoms with Crippen molar-refractivity contribution in [3.05, 3.63) is 70.0 Å². The van der Waals surface area contributed by atoms with Crippen LogP contribution >= 0.6 is 0 Å². The third kappa shape index (κ3) is 3.75. The third-order valence-electron chi connectivity index (χ3n) is 3.98. The lowest BCUT2D eigenvalue weighted by molar-refractivity contribution is -0.120. The molecule has 1 amide bonds. The zero-order valence-corrected chi connectivity index (χ0v) is 12.8. The first-order valence-electron chi connectivity index (χ1n) is 7.58. The minimum Gasteiger partial charge on any atom is -0.372 e. The van der Waals surface area contributed by atoms with Gasteiger partial charge in [0.15, 0.2) is 0 Å². The Bertz CT molecular complexity index is 731. The van der Waals surface area contributed by atoms with Crippen molar-refractivity contribution in [1.29, 1.82) is 0 Å². The van der Waals surface area contributed by atoms with Crippen LogP contribution in [0.2, 0.25) is 0 Å². The molecule has 0 unspecified atom stereocenters. The fourth-order valence-corrected chi connectivity index (χ4v) is 2.64. The highest BCUT2D eigenvalue weighted by atomic mass is 19.1. The van der Waals surface area contributed by atoms with Crippen LogP contribution in [0.1, 0.15) is 27.8 Å². The van der Waals surface area contributed by atoms with Crippen molar-refractivity contribution in [3.63, 3.8) is 0 Å². The zero-order chi connectivity index (χ0) is 16.2. The van der Waals surface area contributed by atoms with Crippen molar-refractivity contribution in [2.75, 3.05) is 0 Å². The number of hydrogen-bond donors (Lipinski definition) is 2. The van der Waals surface area contributed by atoms with E-state index in [1.807, 2.05) is 18.2 Å². The molecule has 4 nitrogen and oxygen atoms in total. The molecule has 3 N–H and O–H groups in total. The predicted octanol–water partition coefficient (Wildman–Crippen LogP) is 2.17. The molecule has 0 bridgehead atoms. The molecular weight excluding hydrogens is 295 g/mol. The summed E-state index contributed by atoms with van der Waals surface area (Å²) in [4.78, 5) is 12.0. The van der Waals surface area contributed by atoms with Crippen molar-refractivity contribution in [2.24, 2.45) is 5.73 Å². The van der Waals surface area contributed by atoms with Gasteiger partial charge >= 0.3 is 0 Å². The summed E-state index contributed by atoms with van der Waals surface area (Å²) < 4.78 is 19.2. The number of benzene rings is 2. The molecule has 1 aliphatic heterocycles. The Labute approximate surface area is 134 Å². The topological polar surface area (TPSA) is 64.3 Å². The zero-order valence-electron chi connectivity index (χ0n) is 12.8. The first-order chi connectivity index (χ1) is 11.2. The Morgan fingerprint density at radius 3 is 2.70 bits per heavy atom. The standard InChI is InChI=1S/C18H19FN2O2/c19-17-6-13(8-20)2-3-14(17)9-21-18(22)7-12-1-4-15-10-23-11-16(15)5-12/h1-6H,7-11,20H2,(H,21,22). The number of fused-ring (bicyclic) bond motifs is 1. The smallest absolute Gasteiger partial charge is 0.224 e. The van der Waals surface area contributed by atoms with Crippen LogP contribution in [-0.2, 0) is 42.3 Å². The van der Waals surface area contributed by atoms with E-state index in [1.165, 1.54) is 11.6 Å². The normalized spacial score (nSPS) is 13.0. The Balaban J connectivity index is 1.57. The van der Waals surface area contributed by atoms with Gasteiger partial charge in [-0.15, -0.1) is 0 Å². The van der Waals surface area contributed by atoms with Gasteiger partial charge in [-0.2, -0.15) is 0 Å². The summed E-state index contributed by atoms with van der Waals surface area (Å²) in [6.45, 7) is 1.71. The summed E-state index contributed by atoms with van der Waals surface area (Å²) in [5.74, 6) is -0.478. The van der Waals surface area contributed by atoms with Gasteiger partial charge in [-0.3, -0.25) is 4.79 Å². The molecule has 2 aromatic carbocycles. The number of hydrogen-bond acceptors (Lipinski definition) is 3. The minimum absolute atomic E-state index is 0.133. The quantitative estimate of drug-likeness (QED) is 0.889. The number of halogens is 1. The van der Waals surface area contributed by atoms with E-state index in [0.717, 1.165) is 16.7 Å². The third-order valence-corrected chi connectivity index (χ3v) is 3.98. The van der Waals surface area contributed by atoms with Gasteiger partial charge in [0, 0.05) is 18.7 Å². The maximum absolute atomic E-state index is 13.8. The molecule has 1 heterocycles. The largest absolute Gasteiger partial charge is 0.372 e. The van der Waals surface area contributed by atoms with E-state index in [1.54, 1.807) is 12.1 Å². The number of rotatable bonds is 5. The lowest BCUT2D eigenvalue weighted by Crippen LogP contribution is -2.25. The lowest BCUT2D eigenvalue weighted by Gasteiger charge is -2.08. The van der Waals surface area contributed by atoms with Crippen LogP contribution in [-0.4, -0.2) is 5.91 Å². The lowest BCUT2D eigenvalue weighted by atomic mass is 10.0. The SMILES string of the molecule is NCc1ccc(CNC(=O)Cc2ccc3c(c2)COC3)c(F)c1. The van der Waals surface area contributed by atoms with Gasteiger partial charge in [0.05, 0.1) is 19.6 Å². The first kappa shape index (κ1) is 15.6. The summed E-state index contributed by atoms with van der Waals surface area (Å²) in [6, 6.07) is 10.8. The fraction of sp³-hybridized carbons (Fsp3) is 0.278. The first-order valence-corrected chi connectivity index (χ1v) is 7.58. The molecule has 0 saturated carbocycles. The molecule has 0 fully saturated rings. The highest BCUT2D eigenvalue weighted by Gasteiger charge is 2.13. The molecule has 5 heteroatoms. The Kier molecular flexibility index (Phi) is 4.69. The maximum atomic E-state index is 13.8. The van der Waals surface area contributed by atoms with E-state index in [9.17, 15) is 9.18 Å². The second-order valence-electron chi connectivity index (χ2n) is 5.68. The summed E-state index contributed by atoms with van der Waals surface area (Å²) in [5, 5.41) is 2.75. The number of amides is 1. The van der Waals surface area contributed by atoms with E-state index in [2.05, 4.69) is 5.32 Å². The second-order valence-corrected chi connectivity index (χ2v) is 5.68. The minimum atomic E-state index is -0.345. The van der Waals surface area contributed by atoms with Crippen LogP contribution < -0.4 is 11.1 Å². The van der Waals surface area contributed by atoms with Crippen LogP contribution in [0.25, 0.3) is 0 Å². The number of carbonyl (C=O) groups excluding carboxylic acids is 1. The van der Waals surface area contributed by atoms with Crippen molar-refractivity contribution >= 4 is 5.91 Å². The molecule has 0 aromatic heterocycles. The van der Waals surface area contributed by atoms with Crippen LogP contribution in [0.3, 0.4) is 0 Å². The van der Waals surface area contributed by atoms with Gasteiger partial charge in [-0.25, -0.2) is 4.39 Å². The van der Waals surface area contributed by atoms with Crippen molar-refractivity contribution < 1.29 is 13.9 Å². The number of nitrogens with one attached hydrogen (secondary N) is 1. The van der Waals surface area contributed by atoms with Crippen LogP contribution in [0, 0.1) is 5.82 Å². The molecular formula is C18H19FN2O2. The summed E-state index contributed by atoms with van der Waals surface area (Å²) in [5.41, 5.74) is 9.91. The average Bonchev–Trinajstić information content (AvgIpc) is 3.01. The highest BCUT2D eigenvalue weighted by Crippen LogP contribution is 2.21. The summed E-state index contributed by atoms with van der Waals surface area (Å²) in [7, 11) is 0.